The molecule has 0 fully saturated rings. The van der Waals surface area contributed by atoms with Crippen molar-refractivity contribution in [1.29, 1.82) is 10.5 Å². The van der Waals surface area contributed by atoms with E-state index < -0.39 is 17.6 Å². The Morgan fingerprint density at radius 2 is 1.68 bits per heavy atom. The Hall–Kier alpha value is -3.78. The molecule has 0 atom stereocenters. The van der Waals surface area contributed by atoms with Crippen molar-refractivity contribution in [1.82, 2.24) is 4.98 Å². The highest BCUT2D eigenvalue weighted by Gasteiger charge is 2.31. The Labute approximate surface area is 161 Å². The monoisotopic (exact) mass is 380 g/mol. The number of ether oxygens (including phenoxy) is 1. The highest BCUT2D eigenvalue weighted by molar-refractivity contribution is 6.15. The summed E-state index contributed by atoms with van der Waals surface area (Å²) in [6, 6.07) is 9.32. The maximum Gasteiger partial charge on any atom is 0.234 e. The molecule has 0 bridgehead atoms. The Morgan fingerprint density at radius 1 is 1.11 bits per heavy atom. The van der Waals surface area contributed by atoms with E-state index in [9.17, 15) is 24.5 Å². The Balaban J connectivity index is 3.01. The van der Waals surface area contributed by atoms with E-state index in [1.807, 2.05) is 12.1 Å². The van der Waals surface area contributed by atoms with Crippen LogP contribution in [0.2, 0.25) is 0 Å². The van der Waals surface area contributed by atoms with Crippen molar-refractivity contribution in [2.75, 3.05) is 12.0 Å². The zero-order chi connectivity index (χ0) is 20.8. The first-order valence-corrected chi connectivity index (χ1v) is 8.47. The minimum Gasteiger partial charge on any atom is -0.480 e. The van der Waals surface area contributed by atoms with E-state index in [-0.39, 0.29) is 46.8 Å². The number of hydrogen-bond donors (Lipinski definition) is 0. The van der Waals surface area contributed by atoms with Crippen molar-refractivity contribution in [2.45, 2.75) is 26.7 Å². The van der Waals surface area contributed by atoms with Crippen LogP contribution in [0.15, 0.2) is 24.3 Å². The van der Waals surface area contributed by atoms with Crippen LogP contribution in [0.3, 0.4) is 0 Å². The minimum absolute atomic E-state index is 0.0182. The van der Waals surface area contributed by atoms with Crippen LogP contribution in [0, 0.1) is 28.5 Å². The van der Waals surface area contributed by atoms with E-state index in [4.69, 9.17) is 4.74 Å². The van der Waals surface area contributed by atoms with E-state index in [2.05, 4.69) is 4.98 Å². The maximum absolute atomic E-state index is 14.5. The van der Waals surface area contributed by atoms with E-state index in [1.54, 1.807) is 19.9 Å². The number of nitrogens with zero attached hydrogens (tertiary/aromatic N) is 4. The molecule has 28 heavy (non-hydrogen) atoms. The van der Waals surface area contributed by atoms with Gasteiger partial charge in [-0.15, -0.1) is 0 Å². The Morgan fingerprint density at radius 3 is 2.14 bits per heavy atom. The van der Waals surface area contributed by atoms with Crippen molar-refractivity contribution >= 4 is 17.6 Å². The molecular weight excluding hydrogens is 363 g/mol. The first kappa shape index (κ1) is 20.5. The summed E-state index contributed by atoms with van der Waals surface area (Å²) in [6.45, 7) is 3.12. The number of imide groups is 1. The molecule has 0 N–H and O–H groups in total. The lowest BCUT2D eigenvalue weighted by molar-refractivity contribution is -0.126. The van der Waals surface area contributed by atoms with Gasteiger partial charge >= 0.3 is 0 Å². The van der Waals surface area contributed by atoms with Crippen LogP contribution in [0.4, 0.5) is 10.2 Å². The third-order valence-electron chi connectivity index (χ3n) is 4.02. The van der Waals surface area contributed by atoms with Gasteiger partial charge in [-0.2, -0.15) is 15.5 Å². The van der Waals surface area contributed by atoms with Crippen LogP contribution in [-0.4, -0.2) is 23.9 Å². The van der Waals surface area contributed by atoms with Gasteiger partial charge in [-0.1, -0.05) is 32.0 Å². The van der Waals surface area contributed by atoms with Gasteiger partial charge in [-0.3, -0.25) is 9.59 Å². The summed E-state index contributed by atoms with van der Waals surface area (Å²) in [5.74, 6) is -2.34. The fraction of sp³-hybridized carbons (Fsp3) is 0.250. The van der Waals surface area contributed by atoms with E-state index in [1.165, 1.54) is 25.3 Å². The second-order valence-electron chi connectivity index (χ2n) is 5.60. The minimum atomic E-state index is -0.676. The predicted molar refractivity (Wildman–Crippen MR) is 98.7 cm³/mol. The molecule has 0 unspecified atom stereocenters. The molecule has 0 spiro atoms. The highest BCUT2D eigenvalue weighted by Crippen LogP contribution is 2.38. The summed E-state index contributed by atoms with van der Waals surface area (Å²) >= 11 is 0. The maximum atomic E-state index is 14.5. The number of anilines is 1. The number of aromatic nitrogens is 1. The van der Waals surface area contributed by atoms with Crippen molar-refractivity contribution < 1.29 is 18.7 Å². The first-order valence-electron chi connectivity index (χ1n) is 8.47. The van der Waals surface area contributed by atoms with Crippen molar-refractivity contribution in [3.8, 4) is 29.1 Å². The summed E-state index contributed by atoms with van der Waals surface area (Å²) in [4.78, 5) is 29.7. The summed E-state index contributed by atoms with van der Waals surface area (Å²) in [5, 5.41) is 19.4. The predicted octanol–water partition coefficient (Wildman–Crippen LogP) is 3.32. The number of halogens is 1. The molecule has 0 saturated carbocycles. The number of pyridine rings is 1. The lowest BCUT2D eigenvalue weighted by Gasteiger charge is -2.22. The van der Waals surface area contributed by atoms with Gasteiger partial charge in [0.2, 0.25) is 17.7 Å². The van der Waals surface area contributed by atoms with Crippen molar-refractivity contribution in [2.24, 2.45) is 0 Å². The highest BCUT2D eigenvalue weighted by atomic mass is 19.1. The van der Waals surface area contributed by atoms with Crippen LogP contribution < -0.4 is 9.64 Å². The topological polar surface area (TPSA) is 107 Å². The van der Waals surface area contributed by atoms with Gasteiger partial charge in [0.1, 0.15) is 29.1 Å². The number of hydrogen-bond acceptors (Lipinski definition) is 6. The van der Waals surface area contributed by atoms with Gasteiger partial charge in [0.05, 0.1) is 7.11 Å². The van der Waals surface area contributed by atoms with Crippen LogP contribution in [-0.2, 0) is 9.59 Å². The van der Waals surface area contributed by atoms with E-state index in [0.29, 0.717) is 0 Å². The fourth-order valence-corrected chi connectivity index (χ4v) is 2.70. The van der Waals surface area contributed by atoms with Gasteiger partial charge in [0, 0.05) is 24.0 Å². The average molecular weight is 380 g/mol. The van der Waals surface area contributed by atoms with E-state index >= 15 is 0 Å². The molecular formula is C20H17FN4O3. The molecule has 1 heterocycles. The summed E-state index contributed by atoms with van der Waals surface area (Å²) in [7, 11) is 1.25. The zero-order valence-electron chi connectivity index (χ0n) is 15.6. The van der Waals surface area contributed by atoms with Crippen LogP contribution in [0.25, 0.3) is 11.1 Å². The molecule has 0 aliphatic rings. The van der Waals surface area contributed by atoms with Gasteiger partial charge in [-0.05, 0) is 6.07 Å². The fourth-order valence-electron chi connectivity index (χ4n) is 2.70. The summed E-state index contributed by atoms with van der Waals surface area (Å²) in [6.07, 6.45) is -0.0364. The van der Waals surface area contributed by atoms with Gasteiger partial charge in [-0.25, -0.2) is 9.29 Å². The molecule has 0 aliphatic heterocycles. The number of carbonyl (C=O) groups is 2. The number of rotatable bonds is 5. The van der Waals surface area contributed by atoms with E-state index in [0.717, 1.165) is 4.90 Å². The molecule has 7 nitrogen and oxygen atoms in total. The average Bonchev–Trinajstić information content (AvgIpc) is 2.72. The molecule has 0 radical (unpaired) electrons. The molecule has 1 aromatic carbocycles. The molecule has 142 valence electrons. The number of nitriles is 2. The molecule has 0 aliphatic carbocycles. The second-order valence-corrected chi connectivity index (χ2v) is 5.60. The van der Waals surface area contributed by atoms with Gasteiger partial charge in [0.25, 0.3) is 0 Å². The summed E-state index contributed by atoms with van der Waals surface area (Å²) in [5.41, 5.74) is -0.542. The third-order valence-corrected chi connectivity index (χ3v) is 4.02. The van der Waals surface area contributed by atoms with Crippen molar-refractivity contribution in [3.63, 3.8) is 0 Å². The second kappa shape index (κ2) is 8.74. The Bertz CT molecular complexity index is 1010. The molecule has 0 saturated heterocycles. The molecule has 2 aromatic rings. The van der Waals surface area contributed by atoms with Crippen LogP contribution in [0.1, 0.15) is 37.8 Å². The molecule has 2 amide bonds. The number of amides is 2. The van der Waals surface area contributed by atoms with Crippen LogP contribution in [0.5, 0.6) is 5.88 Å². The lowest BCUT2D eigenvalue weighted by atomic mass is 9.95. The molecule has 8 heteroatoms. The lowest BCUT2D eigenvalue weighted by Crippen LogP contribution is -2.37. The smallest absolute Gasteiger partial charge is 0.234 e. The molecule has 2 rings (SSSR count). The standard InChI is InChI=1S/C20H17FN4O3/c1-4-16(26)25(17(27)5-2)19-13(10-22)18(12-8-6-7-9-15(12)21)14(11-23)20(24-19)28-3/h6-9H,4-5H2,1-3H3. The number of methoxy groups -OCH3 is 1. The van der Waals surface area contributed by atoms with Crippen molar-refractivity contribution in [3.05, 3.63) is 41.2 Å². The van der Waals surface area contributed by atoms with Crippen LogP contribution >= 0.6 is 0 Å². The number of carbonyl (C=O) groups excluding carboxylic acids is 2. The largest absolute Gasteiger partial charge is 0.480 e. The Kier molecular flexibility index (Phi) is 6.41. The normalized spacial score (nSPS) is 9.93. The molecule has 1 aromatic heterocycles. The number of benzene rings is 1. The first-order chi connectivity index (χ1) is 13.4. The van der Waals surface area contributed by atoms with Gasteiger partial charge in [0.15, 0.2) is 5.82 Å². The third kappa shape index (κ3) is 3.53. The van der Waals surface area contributed by atoms with Gasteiger partial charge < -0.3 is 4.74 Å². The quantitative estimate of drug-likeness (QED) is 0.787. The SMILES string of the molecule is CCC(=O)N(C(=O)CC)c1nc(OC)c(C#N)c(-c2ccccc2F)c1C#N. The zero-order valence-corrected chi connectivity index (χ0v) is 15.6. The summed E-state index contributed by atoms with van der Waals surface area (Å²) < 4.78 is 19.6.